The van der Waals surface area contributed by atoms with E-state index in [2.05, 4.69) is 10.2 Å². The summed E-state index contributed by atoms with van der Waals surface area (Å²) in [5.41, 5.74) is 2.44. The highest BCUT2D eigenvalue weighted by molar-refractivity contribution is 5.77. The van der Waals surface area contributed by atoms with Crippen LogP contribution in [0.25, 0.3) is 0 Å². The van der Waals surface area contributed by atoms with E-state index in [-0.39, 0.29) is 24.1 Å². The van der Waals surface area contributed by atoms with Gasteiger partial charge >= 0.3 is 0 Å². The number of amides is 1. The fourth-order valence-corrected chi connectivity index (χ4v) is 3.90. The third kappa shape index (κ3) is 4.70. The minimum absolute atomic E-state index is 0.0577. The van der Waals surface area contributed by atoms with Crippen LogP contribution in [0, 0.1) is 0 Å². The molecule has 0 bridgehead atoms. The van der Waals surface area contributed by atoms with Crippen LogP contribution < -0.4 is 10.9 Å². The van der Waals surface area contributed by atoms with E-state index in [1.807, 2.05) is 17.6 Å². The Kier molecular flexibility index (Phi) is 6.26. The molecule has 1 aromatic heterocycles. The van der Waals surface area contributed by atoms with Gasteiger partial charge in [-0.1, -0.05) is 6.07 Å². The van der Waals surface area contributed by atoms with Crippen molar-refractivity contribution >= 4 is 5.91 Å². The van der Waals surface area contributed by atoms with Crippen molar-refractivity contribution in [3.8, 4) is 0 Å². The highest BCUT2D eigenvalue weighted by Crippen LogP contribution is 2.20. The zero-order valence-electron chi connectivity index (χ0n) is 15.1. The van der Waals surface area contributed by atoms with Crippen LogP contribution >= 0.6 is 0 Å². The molecular weight excluding hydrogens is 318 g/mol. The summed E-state index contributed by atoms with van der Waals surface area (Å²) in [5, 5.41) is 3.05. The minimum Gasteiger partial charge on any atom is -0.372 e. The number of hydrogen-bond acceptors (Lipinski definition) is 4. The number of pyridine rings is 1. The van der Waals surface area contributed by atoms with Crippen molar-refractivity contribution in [2.24, 2.45) is 0 Å². The van der Waals surface area contributed by atoms with Crippen LogP contribution in [0.3, 0.4) is 0 Å². The lowest BCUT2D eigenvalue weighted by molar-refractivity contribution is -0.126. The fraction of sp³-hybridized carbons (Fsp3) is 0.684. The van der Waals surface area contributed by atoms with E-state index >= 15 is 0 Å². The molecule has 1 aromatic rings. The van der Waals surface area contributed by atoms with Crippen LogP contribution in [0.2, 0.25) is 0 Å². The third-order valence-corrected chi connectivity index (χ3v) is 5.23. The van der Waals surface area contributed by atoms with Gasteiger partial charge in [0.25, 0.3) is 5.56 Å². The summed E-state index contributed by atoms with van der Waals surface area (Å²) < 4.78 is 7.11. The van der Waals surface area contributed by atoms with Crippen LogP contribution in [0.15, 0.2) is 16.9 Å². The maximum Gasteiger partial charge on any atom is 0.250 e. The molecule has 25 heavy (non-hydrogen) atoms. The number of carbonyl (C=O) groups excluding carboxylic acids is 1. The molecule has 6 nitrogen and oxygen atoms in total. The smallest absolute Gasteiger partial charge is 0.250 e. The van der Waals surface area contributed by atoms with E-state index in [1.54, 1.807) is 6.07 Å². The van der Waals surface area contributed by atoms with E-state index in [0.717, 1.165) is 51.1 Å². The number of aromatic nitrogens is 1. The first-order chi connectivity index (χ1) is 12.2. The lowest BCUT2D eigenvalue weighted by Gasteiger charge is -2.28. The summed E-state index contributed by atoms with van der Waals surface area (Å²) in [4.78, 5) is 26.6. The molecule has 138 valence electrons. The topological polar surface area (TPSA) is 63.6 Å². The molecule has 1 amide bonds. The Morgan fingerprint density at radius 2 is 2.08 bits per heavy atom. The second kappa shape index (κ2) is 8.63. The Labute approximate surface area is 149 Å². The summed E-state index contributed by atoms with van der Waals surface area (Å²) in [6.07, 6.45) is 5.04. The number of fused-ring (bicyclic) bond motifs is 1. The molecule has 1 aliphatic heterocycles. The first kappa shape index (κ1) is 18.1. The second-order valence-corrected chi connectivity index (χ2v) is 6.99. The molecule has 1 unspecified atom stereocenters. The van der Waals surface area contributed by atoms with Gasteiger partial charge in [0.05, 0.1) is 0 Å². The normalized spacial score (nSPS) is 20.4. The van der Waals surface area contributed by atoms with Gasteiger partial charge < -0.3 is 19.5 Å². The number of ether oxygens (including phenoxy) is 1. The average Bonchev–Trinajstić information content (AvgIpc) is 3.12. The van der Waals surface area contributed by atoms with Gasteiger partial charge in [0.1, 0.15) is 6.61 Å². The van der Waals surface area contributed by atoms with Crippen molar-refractivity contribution < 1.29 is 9.53 Å². The number of likely N-dealkylation sites (tertiary alicyclic amines) is 1. The second-order valence-electron chi connectivity index (χ2n) is 6.99. The fourth-order valence-electron chi connectivity index (χ4n) is 3.90. The van der Waals surface area contributed by atoms with Gasteiger partial charge in [0.15, 0.2) is 0 Å². The molecule has 1 N–H and O–H groups in total. The van der Waals surface area contributed by atoms with Crippen LogP contribution in [-0.2, 0) is 28.9 Å². The van der Waals surface area contributed by atoms with Gasteiger partial charge in [-0.05, 0) is 57.7 Å². The van der Waals surface area contributed by atoms with Gasteiger partial charge in [-0.15, -0.1) is 0 Å². The number of rotatable bonds is 7. The van der Waals surface area contributed by atoms with Gasteiger partial charge in [0.2, 0.25) is 5.91 Å². The maximum absolute atomic E-state index is 12.3. The molecule has 0 radical (unpaired) electrons. The first-order valence-corrected chi connectivity index (χ1v) is 9.48. The Morgan fingerprint density at radius 1 is 1.28 bits per heavy atom. The minimum atomic E-state index is -0.0577. The Balaban J connectivity index is 1.63. The third-order valence-electron chi connectivity index (χ3n) is 5.23. The summed E-state index contributed by atoms with van der Waals surface area (Å²) in [5.74, 6) is -0.0577. The molecule has 2 aliphatic rings. The van der Waals surface area contributed by atoms with Crippen molar-refractivity contribution in [2.75, 3.05) is 32.8 Å². The summed E-state index contributed by atoms with van der Waals surface area (Å²) in [6.45, 7) is 6.56. The van der Waals surface area contributed by atoms with Crippen LogP contribution in [0.1, 0.15) is 37.4 Å². The van der Waals surface area contributed by atoms with Crippen LogP contribution in [-0.4, -0.2) is 54.3 Å². The van der Waals surface area contributed by atoms with Crippen molar-refractivity contribution in [3.63, 3.8) is 0 Å². The highest BCUT2D eigenvalue weighted by Gasteiger charge is 2.23. The predicted molar refractivity (Wildman–Crippen MR) is 96.8 cm³/mol. The lowest BCUT2D eigenvalue weighted by atomic mass is 9.91. The maximum atomic E-state index is 12.3. The van der Waals surface area contributed by atoms with E-state index in [1.165, 1.54) is 18.4 Å². The van der Waals surface area contributed by atoms with Crippen molar-refractivity contribution in [1.29, 1.82) is 0 Å². The molecule has 0 aromatic carbocycles. The highest BCUT2D eigenvalue weighted by atomic mass is 16.5. The molecule has 1 atom stereocenters. The van der Waals surface area contributed by atoms with Gasteiger partial charge in [-0.3, -0.25) is 9.59 Å². The molecule has 1 saturated heterocycles. The van der Waals surface area contributed by atoms with Crippen molar-refractivity contribution in [1.82, 2.24) is 14.8 Å². The number of nitrogens with zero attached hydrogens (tertiary/aromatic N) is 2. The number of hydrogen-bond donors (Lipinski definition) is 1. The molecule has 1 fully saturated rings. The number of carbonyl (C=O) groups is 1. The zero-order valence-corrected chi connectivity index (χ0v) is 15.1. The summed E-state index contributed by atoms with van der Waals surface area (Å²) in [6, 6.07) is 3.74. The van der Waals surface area contributed by atoms with Gasteiger partial charge in [-0.2, -0.15) is 0 Å². The Hall–Kier alpha value is -1.66. The van der Waals surface area contributed by atoms with Crippen LogP contribution in [0.4, 0.5) is 0 Å². The van der Waals surface area contributed by atoms with E-state index in [0.29, 0.717) is 6.61 Å². The SMILES string of the molecule is CCOCC(=O)NC1CCc2c(ccc(=O)n2CCN2CCCC2)C1. The average molecular weight is 347 g/mol. The molecule has 6 heteroatoms. The first-order valence-electron chi connectivity index (χ1n) is 9.48. The molecule has 3 rings (SSSR count). The Bertz CT molecular complexity index is 650. The monoisotopic (exact) mass is 347 g/mol. The van der Waals surface area contributed by atoms with Gasteiger partial charge in [0, 0.05) is 37.5 Å². The summed E-state index contributed by atoms with van der Waals surface area (Å²) in [7, 11) is 0. The quantitative estimate of drug-likeness (QED) is 0.798. The molecular formula is C19H29N3O3. The summed E-state index contributed by atoms with van der Waals surface area (Å²) >= 11 is 0. The van der Waals surface area contributed by atoms with Crippen LogP contribution in [0.5, 0.6) is 0 Å². The lowest BCUT2D eigenvalue weighted by Crippen LogP contribution is -2.42. The zero-order chi connectivity index (χ0) is 17.6. The predicted octanol–water partition coefficient (Wildman–Crippen LogP) is 0.954. The van der Waals surface area contributed by atoms with Crippen molar-refractivity contribution in [3.05, 3.63) is 33.7 Å². The van der Waals surface area contributed by atoms with Crippen molar-refractivity contribution in [2.45, 2.75) is 51.6 Å². The van der Waals surface area contributed by atoms with E-state index in [4.69, 9.17) is 4.74 Å². The largest absolute Gasteiger partial charge is 0.372 e. The van der Waals surface area contributed by atoms with E-state index in [9.17, 15) is 9.59 Å². The number of nitrogens with one attached hydrogen (secondary N) is 1. The molecule has 1 aliphatic carbocycles. The molecule has 0 spiro atoms. The Morgan fingerprint density at radius 3 is 2.84 bits per heavy atom. The van der Waals surface area contributed by atoms with E-state index < -0.39 is 0 Å². The molecule has 2 heterocycles. The standard InChI is InChI=1S/C19H29N3O3/c1-2-25-14-18(23)20-16-6-7-17-15(13-16)5-8-19(24)22(17)12-11-21-9-3-4-10-21/h5,8,16H,2-4,6-7,9-14H2,1H3,(H,20,23). The van der Waals surface area contributed by atoms with Gasteiger partial charge in [-0.25, -0.2) is 0 Å². The molecule has 0 saturated carbocycles.